The predicted octanol–water partition coefficient (Wildman–Crippen LogP) is 2.27. The first-order chi connectivity index (χ1) is 11.1. The van der Waals surface area contributed by atoms with Gasteiger partial charge in [-0.1, -0.05) is 60.7 Å². The van der Waals surface area contributed by atoms with Crippen molar-refractivity contribution < 1.29 is 9.59 Å². The van der Waals surface area contributed by atoms with Gasteiger partial charge in [0.25, 0.3) is 0 Å². The molecule has 0 fully saturated rings. The van der Waals surface area contributed by atoms with Gasteiger partial charge in [-0.15, -0.1) is 0 Å². The minimum atomic E-state index is -0.615. The summed E-state index contributed by atoms with van der Waals surface area (Å²) in [7, 11) is 0. The molecule has 5 nitrogen and oxygen atoms in total. The molecule has 5 heteroatoms. The van der Waals surface area contributed by atoms with E-state index in [9.17, 15) is 9.59 Å². The van der Waals surface area contributed by atoms with E-state index in [4.69, 9.17) is 5.73 Å². The van der Waals surface area contributed by atoms with E-state index in [2.05, 4.69) is 5.32 Å². The van der Waals surface area contributed by atoms with Crippen LogP contribution in [0.5, 0.6) is 0 Å². The molecule has 0 spiro atoms. The second kappa shape index (κ2) is 8.58. The number of amides is 3. The van der Waals surface area contributed by atoms with Crippen molar-refractivity contribution in [2.75, 3.05) is 6.54 Å². The summed E-state index contributed by atoms with van der Waals surface area (Å²) in [5, 5.41) is 2.45. The van der Waals surface area contributed by atoms with Crippen molar-refractivity contribution in [1.82, 2.24) is 10.2 Å². The van der Waals surface area contributed by atoms with Crippen molar-refractivity contribution in [2.45, 2.75) is 19.5 Å². The van der Waals surface area contributed by atoms with Gasteiger partial charge in [-0.2, -0.15) is 0 Å². The van der Waals surface area contributed by atoms with Gasteiger partial charge >= 0.3 is 6.03 Å². The second-order valence-electron chi connectivity index (χ2n) is 5.26. The van der Waals surface area contributed by atoms with Crippen LogP contribution < -0.4 is 11.1 Å². The molecule has 2 aromatic rings. The van der Waals surface area contributed by atoms with E-state index >= 15 is 0 Å². The third-order valence-corrected chi connectivity index (χ3v) is 3.42. The first-order valence-corrected chi connectivity index (χ1v) is 7.54. The number of benzene rings is 2. The van der Waals surface area contributed by atoms with Crippen molar-refractivity contribution in [3.63, 3.8) is 0 Å². The van der Waals surface area contributed by atoms with Crippen LogP contribution >= 0.6 is 0 Å². The van der Waals surface area contributed by atoms with Gasteiger partial charge in [0.2, 0.25) is 5.91 Å². The molecular weight excluding hydrogens is 290 g/mol. The van der Waals surface area contributed by atoms with Crippen LogP contribution in [-0.2, 0) is 17.9 Å². The average molecular weight is 311 g/mol. The summed E-state index contributed by atoms with van der Waals surface area (Å²) in [6.45, 7) is 1.31. The minimum Gasteiger partial charge on any atom is -0.352 e. The highest BCUT2D eigenvalue weighted by molar-refractivity contribution is 5.77. The lowest BCUT2D eigenvalue weighted by Crippen LogP contribution is -2.35. The number of nitrogens with zero attached hydrogens (tertiary/aromatic N) is 1. The number of carbonyl (C=O) groups excluding carboxylic acids is 2. The largest absolute Gasteiger partial charge is 0.352 e. The van der Waals surface area contributed by atoms with Crippen LogP contribution in [0.1, 0.15) is 17.5 Å². The topological polar surface area (TPSA) is 75.4 Å². The molecule has 0 saturated carbocycles. The standard InChI is InChI=1S/C18H21N3O2/c19-18(23)20-12-11-17(22)21(13-15-7-3-1-4-8-15)14-16-9-5-2-6-10-16/h1-10H,11-14H2,(H3,19,20,23). The van der Waals surface area contributed by atoms with Crippen LogP contribution in [0.3, 0.4) is 0 Å². The third-order valence-electron chi connectivity index (χ3n) is 3.42. The summed E-state index contributed by atoms with van der Waals surface area (Å²) >= 11 is 0. The van der Waals surface area contributed by atoms with Gasteiger partial charge in [0, 0.05) is 26.1 Å². The highest BCUT2D eigenvalue weighted by Gasteiger charge is 2.14. The predicted molar refractivity (Wildman–Crippen MR) is 89.3 cm³/mol. The lowest BCUT2D eigenvalue weighted by atomic mass is 10.1. The molecule has 0 aliphatic heterocycles. The van der Waals surface area contributed by atoms with Gasteiger partial charge in [-0.3, -0.25) is 4.79 Å². The fourth-order valence-electron chi connectivity index (χ4n) is 2.29. The molecule has 23 heavy (non-hydrogen) atoms. The number of rotatable bonds is 7. The van der Waals surface area contributed by atoms with E-state index in [0.717, 1.165) is 11.1 Å². The van der Waals surface area contributed by atoms with Gasteiger partial charge < -0.3 is 16.0 Å². The zero-order valence-electron chi connectivity index (χ0n) is 12.9. The maximum Gasteiger partial charge on any atom is 0.312 e. The molecule has 3 amide bonds. The first-order valence-electron chi connectivity index (χ1n) is 7.54. The number of carbonyl (C=O) groups is 2. The molecule has 0 radical (unpaired) electrons. The van der Waals surface area contributed by atoms with E-state index < -0.39 is 6.03 Å². The van der Waals surface area contributed by atoms with E-state index in [1.54, 1.807) is 4.90 Å². The number of urea groups is 1. The molecule has 0 aliphatic rings. The van der Waals surface area contributed by atoms with E-state index in [1.807, 2.05) is 60.7 Å². The lowest BCUT2D eigenvalue weighted by molar-refractivity contribution is -0.132. The molecule has 0 unspecified atom stereocenters. The summed E-state index contributed by atoms with van der Waals surface area (Å²) < 4.78 is 0. The van der Waals surface area contributed by atoms with Crippen molar-refractivity contribution in [3.05, 3.63) is 71.8 Å². The average Bonchev–Trinajstić information content (AvgIpc) is 2.56. The van der Waals surface area contributed by atoms with Gasteiger partial charge in [-0.05, 0) is 11.1 Å². The van der Waals surface area contributed by atoms with Gasteiger partial charge in [0.05, 0.1) is 0 Å². The Kier molecular flexibility index (Phi) is 6.17. The van der Waals surface area contributed by atoms with E-state index in [-0.39, 0.29) is 18.9 Å². The number of nitrogens with one attached hydrogen (secondary N) is 1. The number of nitrogens with two attached hydrogens (primary N) is 1. The molecule has 0 bridgehead atoms. The maximum absolute atomic E-state index is 12.5. The van der Waals surface area contributed by atoms with Crippen molar-refractivity contribution in [1.29, 1.82) is 0 Å². The van der Waals surface area contributed by atoms with Crippen molar-refractivity contribution in [3.8, 4) is 0 Å². The molecule has 0 aromatic heterocycles. The van der Waals surface area contributed by atoms with Crippen LogP contribution in [0.15, 0.2) is 60.7 Å². The zero-order chi connectivity index (χ0) is 16.5. The van der Waals surface area contributed by atoms with Gasteiger partial charge in [0.1, 0.15) is 0 Å². The molecule has 0 aliphatic carbocycles. The maximum atomic E-state index is 12.5. The van der Waals surface area contributed by atoms with E-state index in [0.29, 0.717) is 13.1 Å². The second-order valence-corrected chi connectivity index (χ2v) is 5.26. The Balaban J connectivity index is 2.04. The normalized spacial score (nSPS) is 10.1. The van der Waals surface area contributed by atoms with Crippen LogP contribution in [-0.4, -0.2) is 23.4 Å². The van der Waals surface area contributed by atoms with Gasteiger partial charge in [0.15, 0.2) is 0 Å². The van der Waals surface area contributed by atoms with E-state index in [1.165, 1.54) is 0 Å². The van der Waals surface area contributed by atoms with Crippen LogP contribution in [0.25, 0.3) is 0 Å². The monoisotopic (exact) mass is 311 g/mol. The zero-order valence-corrected chi connectivity index (χ0v) is 12.9. The minimum absolute atomic E-state index is 0.0218. The number of hydrogen-bond donors (Lipinski definition) is 2. The Morgan fingerprint density at radius 3 is 1.78 bits per heavy atom. The molecule has 2 rings (SSSR count). The number of hydrogen-bond acceptors (Lipinski definition) is 2. The molecular formula is C18H21N3O2. The molecule has 0 heterocycles. The quantitative estimate of drug-likeness (QED) is 0.823. The molecule has 3 N–H and O–H groups in total. The summed E-state index contributed by atoms with van der Waals surface area (Å²) in [5.74, 6) is -0.0218. The first kappa shape index (κ1) is 16.5. The summed E-state index contributed by atoms with van der Waals surface area (Å²) in [6, 6.07) is 19.1. The summed E-state index contributed by atoms with van der Waals surface area (Å²) in [5.41, 5.74) is 7.17. The Bertz CT molecular complexity index is 588. The van der Waals surface area contributed by atoms with Crippen LogP contribution in [0, 0.1) is 0 Å². The summed E-state index contributed by atoms with van der Waals surface area (Å²) in [6.07, 6.45) is 0.225. The molecule has 0 atom stereocenters. The fourth-order valence-corrected chi connectivity index (χ4v) is 2.29. The van der Waals surface area contributed by atoms with Crippen LogP contribution in [0.4, 0.5) is 4.79 Å². The van der Waals surface area contributed by atoms with Gasteiger partial charge in [-0.25, -0.2) is 4.79 Å². The smallest absolute Gasteiger partial charge is 0.312 e. The third kappa shape index (κ3) is 5.82. The Morgan fingerprint density at radius 2 is 1.35 bits per heavy atom. The Labute approximate surface area is 136 Å². The Hall–Kier alpha value is -2.82. The highest BCUT2D eigenvalue weighted by Crippen LogP contribution is 2.11. The number of primary amides is 1. The molecule has 120 valence electrons. The highest BCUT2D eigenvalue weighted by atomic mass is 16.2. The van der Waals surface area contributed by atoms with Crippen molar-refractivity contribution in [2.24, 2.45) is 5.73 Å². The SMILES string of the molecule is NC(=O)NCCC(=O)N(Cc1ccccc1)Cc1ccccc1. The Morgan fingerprint density at radius 1 is 0.870 bits per heavy atom. The summed E-state index contributed by atoms with van der Waals surface area (Å²) in [4.78, 5) is 25.0. The molecule has 2 aromatic carbocycles. The lowest BCUT2D eigenvalue weighted by Gasteiger charge is -2.23. The molecule has 0 saturated heterocycles. The van der Waals surface area contributed by atoms with Crippen LogP contribution in [0.2, 0.25) is 0 Å². The van der Waals surface area contributed by atoms with Crippen molar-refractivity contribution >= 4 is 11.9 Å². The fraction of sp³-hybridized carbons (Fsp3) is 0.222.